The van der Waals surface area contributed by atoms with Gasteiger partial charge < -0.3 is 10.6 Å². The summed E-state index contributed by atoms with van der Waals surface area (Å²) in [5.41, 5.74) is 7.44. The first kappa shape index (κ1) is 15.4. The van der Waals surface area contributed by atoms with Crippen LogP contribution in [0.3, 0.4) is 0 Å². The number of benzene rings is 1. The zero-order valence-electron chi connectivity index (χ0n) is 12.7. The van der Waals surface area contributed by atoms with Gasteiger partial charge >= 0.3 is 0 Å². The lowest BCUT2D eigenvalue weighted by molar-refractivity contribution is -0.123. The minimum atomic E-state index is -0.518. The molecule has 2 N–H and O–H groups in total. The highest BCUT2D eigenvalue weighted by Crippen LogP contribution is 2.24. The zero-order chi connectivity index (χ0) is 16.2. The topological polar surface area (TPSA) is 62.5 Å². The summed E-state index contributed by atoms with van der Waals surface area (Å²) in [6.45, 7) is 3.03. The van der Waals surface area contributed by atoms with Crippen LogP contribution in [0.2, 0.25) is 0 Å². The normalized spacial score (nSPS) is 17.0. The second-order valence-electron chi connectivity index (χ2n) is 5.58. The Bertz CT molecular complexity index is 654. The molecule has 1 aliphatic rings. The molecule has 2 aromatic rings. The largest absolute Gasteiger partial charge is 0.369 e. The third-order valence-electron chi connectivity index (χ3n) is 4.16. The zero-order valence-corrected chi connectivity index (χ0v) is 12.7. The Hall–Kier alpha value is -2.47. The molecule has 1 amide bonds. The minimum absolute atomic E-state index is 0.320. The van der Waals surface area contributed by atoms with Crippen molar-refractivity contribution in [2.45, 2.75) is 6.04 Å². The number of aromatic nitrogens is 1. The highest BCUT2D eigenvalue weighted by molar-refractivity contribution is 5.81. The summed E-state index contributed by atoms with van der Waals surface area (Å²) in [5, 5.41) is 0. The Morgan fingerprint density at radius 1 is 1.04 bits per heavy atom. The molecule has 23 heavy (non-hydrogen) atoms. The number of rotatable bonds is 4. The molecular formula is C17H19FN4O. The van der Waals surface area contributed by atoms with Crippen molar-refractivity contribution in [1.82, 2.24) is 9.88 Å². The van der Waals surface area contributed by atoms with Crippen molar-refractivity contribution in [2.24, 2.45) is 5.73 Å². The summed E-state index contributed by atoms with van der Waals surface area (Å²) in [5.74, 6) is -0.728. The fourth-order valence-corrected chi connectivity index (χ4v) is 2.99. The van der Waals surface area contributed by atoms with Gasteiger partial charge in [-0.1, -0.05) is 12.1 Å². The predicted octanol–water partition coefficient (Wildman–Crippen LogP) is 1.57. The summed E-state index contributed by atoms with van der Waals surface area (Å²) in [4.78, 5) is 20.2. The fourth-order valence-electron chi connectivity index (χ4n) is 2.99. The van der Waals surface area contributed by atoms with E-state index < -0.39 is 11.9 Å². The minimum Gasteiger partial charge on any atom is -0.369 e. The quantitative estimate of drug-likeness (QED) is 0.930. The van der Waals surface area contributed by atoms with Gasteiger partial charge in [0.1, 0.15) is 11.9 Å². The molecule has 5 nitrogen and oxygen atoms in total. The molecule has 0 aliphatic carbocycles. The van der Waals surface area contributed by atoms with Crippen molar-refractivity contribution in [3.05, 3.63) is 60.2 Å². The molecule has 0 saturated carbocycles. The summed E-state index contributed by atoms with van der Waals surface area (Å²) < 4.78 is 13.1. The van der Waals surface area contributed by atoms with Gasteiger partial charge in [0.05, 0.1) is 0 Å². The second kappa shape index (κ2) is 6.75. The number of amides is 1. The molecule has 2 heterocycles. The second-order valence-corrected chi connectivity index (χ2v) is 5.58. The number of nitrogens with zero attached hydrogens (tertiary/aromatic N) is 3. The maximum absolute atomic E-state index is 13.1. The lowest BCUT2D eigenvalue weighted by Gasteiger charge is -2.39. The smallest absolute Gasteiger partial charge is 0.239 e. The van der Waals surface area contributed by atoms with Crippen molar-refractivity contribution in [3.63, 3.8) is 0 Å². The van der Waals surface area contributed by atoms with E-state index in [2.05, 4.69) is 9.88 Å². The lowest BCUT2D eigenvalue weighted by atomic mass is 10.0. The van der Waals surface area contributed by atoms with Crippen LogP contribution in [0.5, 0.6) is 0 Å². The average molecular weight is 314 g/mol. The number of piperazine rings is 1. The van der Waals surface area contributed by atoms with Crippen molar-refractivity contribution >= 4 is 11.6 Å². The van der Waals surface area contributed by atoms with Gasteiger partial charge in [0.2, 0.25) is 5.91 Å². The number of halogens is 1. The summed E-state index contributed by atoms with van der Waals surface area (Å²) in [6, 6.07) is 9.40. The van der Waals surface area contributed by atoms with Gasteiger partial charge in [0.25, 0.3) is 0 Å². The number of carbonyl (C=O) groups excluding carboxylic acids is 1. The molecule has 1 aliphatic heterocycles. The van der Waals surface area contributed by atoms with E-state index in [0.29, 0.717) is 13.1 Å². The molecule has 0 bridgehead atoms. The number of hydrogen-bond acceptors (Lipinski definition) is 4. The van der Waals surface area contributed by atoms with E-state index in [0.717, 1.165) is 24.3 Å². The first-order valence-electron chi connectivity index (χ1n) is 7.59. The first-order chi connectivity index (χ1) is 11.1. The Morgan fingerprint density at radius 3 is 2.22 bits per heavy atom. The van der Waals surface area contributed by atoms with Gasteiger partial charge in [-0.3, -0.25) is 14.7 Å². The molecule has 1 aromatic heterocycles. The fraction of sp³-hybridized carbons (Fsp3) is 0.294. The molecule has 1 aromatic carbocycles. The van der Waals surface area contributed by atoms with Crippen molar-refractivity contribution < 1.29 is 9.18 Å². The van der Waals surface area contributed by atoms with Crippen molar-refractivity contribution in [3.8, 4) is 0 Å². The maximum atomic E-state index is 13.1. The van der Waals surface area contributed by atoms with Crippen LogP contribution in [0.25, 0.3) is 0 Å². The van der Waals surface area contributed by atoms with E-state index in [-0.39, 0.29) is 5.82 Å². The Balaban J connectivity index is 1.71. The summed E-state index contributed by atoms with van der Waals surface area (Å²) >= 11 is 0. The van der Waals surface area contributed by atoms with Gasteiger partial charge in [-0.2, -0.15) is 0 Å². The van der Waals surface area contributed by atoms with Crippen LogP contribution in [-0.2, 0) is 4.79 Å². The predicted molar refractivity (Wildman–Crippen MR) is 86.4 cm³/mol. The highest BCUT2D eigenvalue weighted by atomic mass is 19.1. The molecule has 3 rings (SSSR count). The standard InChI is InChI=1S/C17H19FN4O/c18-14-3-1-13(2-4-14)16(17(19)23)22-11-9-21(10-12-22)15-5-7-20-8-6-15/h1-8,16H,9-12H2,(H2,19,23). The van der Waals surface area contributed by atoms with Crippen LogP contribution in [0.4, 0.5) is 10.1 Å². The van der Waals surface area contributed by atoms with E-state index in [1.807, 2.05) is 17.0 Å². The Kier molecular flexibility index (Phi) is 4.52. The third-order valence-corrected chi connectivity index (χ3v) is 4.16. The van der Waals surface area contributed by atoms with Gasteiger partial charge in [-0.15, -0.1) is 0 Å². The maximum Gasteiger partial charge on any atom is 0.239 e. The van der Waals surface area contributed by atoms with Gasteiger partial charge in [-0.05, 0) is 29.8 Å². The van der Waals surface area contributed by atoms with E-state index in [9.17, 15) is 9.18 Å². The van der Waals surface area contributed by atoms with Crippen molar-refractivity contribution in [1.29, 1.82) is 0 Å². The molecule has 6 heteroatoms. The molecular weight excluding hydrogens is 295 g/mol. The summed E-state index contributed by atoms with van der Waals surface area (Å²) in [6.07, 6.45) is 3.54. The van der Waals surface area contributed by atoms with Gasteiger partial charge in [0.15, 0.2) is 0 Å². The van der Waals surface area contributed by atoms with Crippen LogP contribution >= 0.6 is 0 Å². The molecule has 1 atom stereocenters. The third kappa shape index (κ3) is 3.48. The van der Waals surface area contributed by atoms with E-state index in [1.165, 1.54) is 12.1 Å². The highest BCUT2D eigenvalue weighted by Gasteiger charge is 2.29. The molecule has 0 radical (unpaired) electrons. The number of carbonyl (C=O) groups is 1. The lowest BCUT2D eigenvalue weighted by Crippen LogP contribution is -2.50. The molecule has 120 valence electrons. The van der Waals surface area contributed by atoms with E-state index in [4.69, 9.17) is 5.73 Å². The van der Waals surface area contributed by atoms with E-state index in [1.54, 1.807) is 24.5 Å². The van der Waals surface area contributed by atoms with Crippen LogP contribution in [-0.4, -0.2) is 42.0 Å². The van der Waals surface area contributed by atoms with Crippen LogP contribution in [0, 0.1) is 5.82 Å². The average Bonchev–Trinajstić information content (AvgIpc) is 2.58. The van der Waals surface area contributed by atoms with Gasteiger partial charge in [0, 0.05) is 44.3 Å². The number of nitrogens with two attached hydrogens (primary N) is 1. The SMILES string of the molecule is NC(=O)C(c1ccc(F)cc1)N1CCN(c2ccncc2)CC1. The van der Waals surface area contributed by atoms with Crippen LogP contribution < -0.4 is 10.6 Å². The molecule has 0 spiro atoms. The summed E-state index contributed by atoms with van der Waals surface area (Å²) in [7, 11) is 0. The molecule has 1 saturated heterocycles. The van der Waals surface area contributed by atoms with E-state index >= 15 is 0 Å². The number of anilines is 1. The van der Waals surface area contributed by atoms with Gasteiger partial charge in [-0.25, -0.2) is 4.39 Å². The van der Waals surface area contributed by atoms with Crippen LogP contribution in [0.15, 0.2) is 48.8 Å². The Morgan fingerprint density at radius 2 is 1.65 bits per heavy atom. The number of pyridine rings is 1. The van der Waals surface area contributed by atoms with Crippen molar-refractivity contribution in [2.75, 3.05) is 31.1 Å². The number of primary amides is 1. The Labute approximate surface area is 134 Å². The number of hydrogen-bond donors (Lipinski definition) is 1. The van der Waals surface area contributed by atoms with Crippen LogP contribution in [0.1, 0.15) is 11.6 Å². The molecule has 1 unspecified atom stereocenters. The monoisotopic (exact) mass is 314 g/mol. The first-order valence-corrected chi connectivity index (χ1v) is 7.59. The molecule has 1 fully saturated rings.